The summed E-state index contributed by atoms with van der Waals surface area (Å²) >= 11 is 6.00. The van der Waals surface area contributed by atoms with Gasteiger partial charge >= 0.3 is 5.97 Å². The van der Waals surface area contributed by atoms with E-state index in [1.54, 1.807) is 6.92 Å². The van der Waals surface area contributed by atoms with E-state index in [9.17, 15) is 23.3 Å². The van der Waals surface area contributed by atoms with E-state index in [-0.39, 0.29) is 10.7 Å². The van der Waals surface area contributed by atoms with Crippen molar-refractivity contribution in [2.75, 3.05) is 10.8 Å². The summed E-state index contributed by atoms with van der Waals surface area (Å²) in [6.45, 7) is 0.790. The van der Waals surface area contributed by atoms with Gasteiger partial charge in [-0.3, -0.25) is 19.2 Å². The molecular formula is C15H13ClN2O6S. The number of nitrogens with zero attached hydrogens (tertiary/aromatic N) is 2. The molecule has 0 saturated heterocycles. The Morgan fingerprint density at radius 3 is 2.48 bits per heavy atom. The molecule has 0 aliphatic rings. The van der Waals surface area contributed by atoms with Gasteiger partial charge in [-0.15, -0.1) is 0 Å². The Labute approximate surface area is 148 Å². The van der Waals surface area contributed by atoms with Crippen molar-refractivity contribution in [2.24, 2.45) is 0 Å². The Morgan fingerprint density at radius 1 is 1.28 bits per heavy atom. The minimum atomic E-state index is -4.50. The van der Waals surface area contributed by atoms with Gasteiger partial charge in [0.2, 0.25) is 0 Å². The van der Waals surface area contributed by atoms with Crippen LogP contribution in [0.1, 0.15) is 5.56 Å². The van der Waals surface area contributed by atoms with Crippen LogP contribution in [0.5, 0.6) is 0 Å². The van der Waals surface area contributed by atoms with Crippen molar-refractivity contribution in [1.82, 2.24) is 0 Å². The third-order valence-electron chi connectivity index (χ3n) is 3.35. The lowest BCUT2D eigenvalue weighted by atomic mass is 10.2. The maximum absolute atomic E-state index is 12.9. The fourth-order valence-electron chi connectivity index (χ4n) is 2.12. The molecule has 0 aromatic heterocycles. The third-order valence-corrected chi connectivity index (χ3v) is 5.58. The summed E-state index contributed by atoms with van der Waals surface area (Å²) in [5.74, 6) is -1.42. The highest BCUT2D eigenvalue weighted by atomic mass is 35.5. The topological polar surface area (TPSA) is 118 Å². The van der Waals surface area contributed by atoms with Crippen LogP contribution in [0.4, 0.5) is 11.4 Å². The number of rotatable bonds is 6. The minimum absolute atomic E-state index is 0.00356. The van der Waals surface area contributed by atoms with E-state index in [4.69, 9.17) is 16.7 Å². The number of nitro benzene ring substituents is 1. The lowest BCUT2D eigenvalue weighted by Crippen LogP contribution is -2.36. The molecule has 0 aliphatic carbocycles. The van der Waals surface area contributed by atoms with Crippen LogP contribution < -0.4 is 4.31 Å². The van der Waals surface area contributed by atoms with E-state index >= 15 is 0 Å². The molecule has 0 aliphatic heterocycles. The molecule has 2 aromatic rings. The monoisotopic (exact) mass is 384 g/mol. The Morgan fingerprint density at radius 2 is 1.92 bits per heavy atom. The van der Waals surface area contributed by atoms with Gasteiger partial charge in [-0.1, -0.05) is 29.8 Å². The van der Waals surface area contributed by atoms with E-state index in [1.807, 2.05) is 0 Å². The summed E-state index contributed by atoms with van der Waals surface area (Å²) in [5.41, 5.74) is 0.0241. The summed E-state index contributed by atoms with van der Waals surface area (Å²) in [5, 5.41) is 20.5. The third kappa shape index (κ3) is 3.89. The molecule has 0 unspecified atom stereocenters. The first kappa shape index (κ1) is 18.7. The number of para-hydroxylation sites is 1. The second kappa shape index (κ2) is 7.08. The average molecular weight is 385 g/mol. The summed E-state index contributed by atoms with van der Waals surface area (Å²) in [4.78, 5) is 20.9. The molecule has 0 heterocycles. The van der Waals surface area contributed by atoms with Crippen molar-refractivity contribution < 1.29 is 23.2 Å². The number of carbonyl (C=O) groups is 1. The van der Waals surface area contributed by atoms with Gasteiger partial charge in [0.1, 0.15) is 6.54 Å². The summed E-state index contributed by atoms with van der Waals surface area (Å²) in [7, 11) is -4.50. The van der Waals surface area contributed by atoms with E-state index < -0.39 is 38.0 Å². The quantitative estimate of drug-likeness (QED) is 0.604. The lowest BCUT2D eigenvalue weighted by molar-refractivity contribution is -0.387. The summed E-state index contributed by atoms with van der Waals surface area (Å²) < 4.78 is 26.4. The number of sulfonamides is 1. The molecular weight excluding hydrogens is 372 g/mol. The Bertz CT molecular complexity index is 945. The average Bonchev–Trinajstić information content (AvgIpc) is 2.55. The van der Waals surface area contributed by atoms with Crippen molar-refractivity contribution >= 4 is 39.0 Å². The maximum atomic E-state index is 12.9. The Kier molecular flexibility index (Phi) is 5.29. The van der Waals surface area contributed by atoms with Gasteiger partial charge in [0.05, 0.1) is 10.6 Å². The molecule has 0 atom stereocenters. The Hall–Kier alpha value is -2.65. The van der Waals surface area contributed by atoms with E-state index in [0.717, 1.165) is 12.1 Å². The van der Waals surface area contributed by atoms with Gasteiger partial charge in [0.25, 0.3) is 15.7 Å². The van der Waals surface area contributed by atoms with E-state index in [1.165, 1.54) is 30.3 Å². The summed E-state index contributed by atoms with van der Waals surface area (Å²) in [6.07, 6.45) is 0. The van der Waals surface area contributed by atoms with Crippen LogP contribution in [-0.4, -0.2) is 31.0 Å². The second-order valence-electron chi connectivity index (χ2n) is 5.06. The molecule has 0 bridgehead atoms. The highest BCUT2D eigenvalue weighted by molar-refractivity contribution is 7.93. The molecule has 10 heteroatoms. The number of hydrogen-bond donors (Lipinski definition) is 1. The van der Waals surface area contributed by atoms with Crippen molar-refractivity contribution in [2.45, 2.75) is 11.8 Å². The molecule has 132 valence electrons. The number of hydrogen-bond acceptors (Lipinski definition) is 5. The van der Waals surface area contributed by atoms with Crippen LogP contribution in [-0.2, 0) is 14.8 Å². The molecule has 0 saturated carbocycles. The van der Waals surface area contributed by atoms with Gasteiger partial charge in [-0.05, 0) is 30.7 Å². The van der Waals surface area contributed by atoms with Crippen LogP contribution in [0, 0.1) is 17.0 Å². The maximum Gasteiger partial charge on any atom is 0.324 e. The normalized spacial score (nSPS) is 11.1. The van der Waals surface area contributed by atoms with E-state index in [2.05, 4.69) is 0 Å². The number of aryl methyl sites for hydroxylation is 1. The molecule has 2 aromatic carbocycles. The van der Waals surface area contributed by atoms with Gasteiger partial charge in [-0.2, -0.15) is 0 Å². The fraction of sp³-hybridized carbons (Fsp3) is 0.133. The van der Waals surface area contributed by atoms with Crippen molar-refractivity contribution in [3.05, 3.63) is 63.2 Å². The van der Waals surface area contributed by atoms with Crippen molar-refractivity contribution in [1.29, 1.82) is 0 Å². The first-order chi connectivity index (χ1) is 11.6. The Balaban J connectivity index is 2.67. The SMILES string of the molecule is Cc1ccc(N(CC(=O)O)S(=O)(=O)c2ccccc2[N+](=O)[O-])cc1Cl. The largest absolute Gasteiger partial charge is 0.480 e. The van der Waals surface area contributed by atoms with Gasteiger partial charge < -0.3 is 5.11 Å². The zero-order valence-corrected chi connectivity index (χ0v) is 14.5. The zero-order chi connectivity index (χ0) is 18.8. The van der Waals surface area contributed by atoms with Crippen molar-refractivity contribution in [3.8, 4) is 0 Å². The van der Waals surface area contributed by atoms with E-state index in [0.29, 0.717) is 9.87 Å². The number of halogens is 1. The molecule has 0 fully saturated rings. The standard InChI is InChI=1S/C15H13ClN2O6S/c1-10-6-7-11(8-12(10)16)17(9-15(19)20)25(23,24)14-5-3-2-4-13(14)18(21)22/h2-8H,9H2,1H3,(H,19,20). The van der Waals surface area contributed by atoms with Crippen LogP contribution in [0.15, 0.2) is 47.4 Å². The van der Waals surface area contributed by atoms with Crippen LogP contribution in [0.2, 0.25) is 5.02 Å². The van der Waals surface area contributed by atoms with Gasteiger partial charge in [-0.25, -0.2) is 8.42 Å². The molecule has 0 amide bonds. The highest BCUT2D eigenvalue weighted by Crippen LogP contribution is 2.31. The smallest absolute Gasteiger partial charge is 0.324 e. The van der Waals surface area contributed by atoms with Gasteiger partial charge in [0, 0.05) is 11.1 Å². The van der Waals surface area contributed by atoms with Crippen molar-refractivity contribution in [3.63, 3.8) is 0 Å². The molecule has 25 heavy (non-hydrogen) atoms. The predicted molar refractivity (Wildman–Crippen MR) is 91.5 cm³/mol. The van der Waals surface area contributed by atoms with Crippen LogP contribution in [0.3, 0.4) is 0 Å². The number of aliphatic carboxylic acids is 1. The molecule has 0 spiro atoms. The number of anilines is 1. The van der Waals surface area contributed by atoms with Crippen LogP contribution >= 0.6 is 11.6 Å². The number of benzene rings is 2. The van der Waals surface area contributed by atoms with Crippen LogP contribution in [0.25, 0.3) is 0 Å². The predicted octanol–water partition coefficient (Wildman–Crippen LogP) is 2.84. The second-order valence-corrected chi connectivity index (χ2v) is 7.30. The summed E-state index contributed by atoms with van der Waals surface area (Å²) in [6, 6.07) is 8.94. The number of nitro groups is 1. The number of carboxylic acid groups (broad SMARTS) is 1. The highest BCUT2D eigenvalue weighted by Gasteiger charge is 2.33. The molecule has 8 nitrogen and oxygen atoms in total. The lowest BCUT2D eigenvalue weighted by Gasteiger charge is -2.23. The molecule has 0 radical (unpaired) electrons. The van der Waals surface area contributed by atoms with Gasteiger partial charge in [0.15, 0.2) is 4.90 Å². The first-order valence-corrected chi connectivity index (χ1v) is 8.70. The zero-order valence-electron chi connectivity index (χ0n) is 12.9. The first-order valence-electron chi connectivity index (χ1n) is 6.88. The fourth-order valence-corrected chi connectivity index (χ4v) is 3.86. The number of carboxylic acids is 1. The molecule has 2 rings (SSSR count). The molecule has 1 N–H and O–H groups in total. The minimum Gasteiger partial charge on any atom is -0.480 e.